The molecular formula is C10H12N3O. The van der Waals surface area contributed by atoms with Crippen molar-refractivity contribution in [2.45, 2.75) is 6.92 Å². The van der Waals surface area contributed by atoms with Gasteiger partial charge in [-0.3, -0.25) is 10.2 Å². The number of nitrogens with one attached hydrogen (secondary N) is 2. The minimum Gasteiger partial charge on any atom is -0.386 e. The molecule has 0 heterocycles. The largest absolute Gasteiger partial charge is 0.386 e. The minimum atomic E-state index is -0.264. The highest BCUT2D eigenvalue weighted by atomic mass is 16.1. The molecule has 0 aromatic heterocycles. The first-order valence-electron chi connectivity index (χ1n) is 4.14. The summed E-state index contributed by atoms with van der Waals surface area (Å²) in [5.41, 5.74) is 6.70. The summed E-state index contributed by atoms with van der Waals surface area (Å²) in [7, 11) is 0. The number of amides is 1. The Morgan fingerprint density at radius 3 is 2.50 bits per heavy atom. The number of amidine groups is 1. The highest BCUT2D eigenvalue weighted by Crippen LogP contribution is 2.02. The fourth-order valence-electron chi connectivity index (χ4n) is 0.932. The Morgan fingerprint density at radius 2 is 2.00 bits per heavy atom. The monoisotopic (exact) mass is 190 g/mol. The number of rotatable bonds is 3. The van der Waals surface area contributed by atoms with Crippen molar-refractivity contribution in [1.29, 1.82) is 5.41 Å². The molecule has 0 unspecified atom stereocenters. The zero-order chi connectivity index (χ0) is 10.6. The fraction of sp³-hybridized carbons (Fsp3) is 0.100. The Bertz CT molecular complexity index is 343. The van der Waals surface area contributed by atoms with Gasteiger partial charge >= 0.3 is 0 Å². The summed E-state index contributed by atoms with van der Waals surface area (Å²) >= 11 is 0. The second-order valence-electron chi connectivity index (χ2n) is 2.94. The van der Waals surface area contributed by atoms with Gasteiger partial charge in [-0.1, -0.05) is 17.7 Å². The molecule has 4 N–H and O–H groups in total. The Balaban J connectivity index is 2.61. The van der Waals surface area contributed by atoms with E-state index in [1.165, 1.54) is 0 Å². The van der Waals surface area contributed by atoms with E-state index < -0.39 is 0 Å². The van der Waals surface area contributed by atoms with E-state index >= 15 is 0 Å². The van der Waals surface area contributed by atoms with Crippen LogP contribution in [0.5, 0.6) is 0 Å². The lowest BCUT2D eigenvalue weighted by Gasteiger charge is -2.03. The molecule has 0 aliphatic heterocycles. The van der Waals surface area contributed by atoms with Gasteiger partial charge < -0.3 is 11.1 Å². The van der Waals surface area contributed by atoms with E-state index in [9.17, 15) is 4.79 Å². The van der Waals surface area contributed by atoms with Gasteiger partial charge in [-0.25, -0.2) is 0 Å². The molecule has 0 aliphatic carbocycles. The molecule has 4 heteroatoms. The van der Waals surface area contributed by atoms with Gasteiger partial charge in [0.05, 0.1) is 0 Å². The molecule has 0 saturated carbocycles. The number of hydrogen-bond acceptors (Lipinski definition) is 2. The number of aryl methyl sites for hydroxylation is 1. The van der Waals surface area contributed by atoms with E-state index in [-0.39, 0.29) is 11.7 Å². The Kier molecular flexibility index (Phi) is 3.23. The molecule has 1 rings (SSSR count). The lowest BCUT2D eigenvalue weighted by molar-refractivity contribution is 0.0966. The van der Waals surface area contributed by atoms with Gasteiger partial charge in [-0.15, -0.1) is 0 Å². The third-order valence-electron chi connectivity index (χ3n) is 1.67. The molecule has 0 saturated heterocycles. The molecule has 0 spiro atoms. The van der Waals surface area contributed by atoms with Gasteiger partial charge in [-0.2, -0.15) is 0 Å². The van der Waals surface area contributed by atoms with Crippen LogP contribution in [0.1, 0.15) is 15.9 Å². The van der Waals surface area contributed by atoms with Crippen LogP contribution in [0.4, 0.5) is 0 Å². The standard InChI is InChI=1S/C10H12N3O/c1-7-2-4-8(5-3-7)10(14)13-6-9(11)12/h2-6H,1H3,(H3,11,12)(H,13,14). The smallest absolute Gasteiger partial charge is 0.251 e. The van der Waals surface area contributed by atoms with Crippen LogP contribution in [-0.2, 0) is 0 Å². The third kappa shape index (κ3) is 2.90. The second kappa shape index (κ2) is 4.41. The first-order chi connectivity index (χ1) is 6.59. The molecule has 0 aliphatic rings. The summed E-state index contributed by atoms with van der Waals surface area (Å²) in [4.78, 5) is 11.4. The van der Waals surface area contributed by atoms with E-state index in [0.29, 0.717) is 5.56 Å². The zero-order valence-electron chi connectivity index (χ0n) is 7.87. The average molecular weight is 190 g/mol. The Hall–Kier alpha value is -1.84. The maximum absolute atomic E-state index is 11.4. The number of carbonyl (C=O) groups excluding carboxylic acids is 1. The average Bonchev–Trinajstić information content (AvgIpc) is 2.15. The third-order valence-corrected chi connectivity index (χ3v) is 1.67. The van der Waals surface area contributed by atoms with Crippen molar-refractivity contribution in [3.05, 3.63) is 41.9 Å². The maximum atomic E-state index is 11.4. The van der Waals surface area contributed by atoms with Crippen LogP contribution in [0.2, 0.25) is 0 Å². The van der Waals surface area contributed by atoms with Crippen molar-refractivity contribution in [3.63, 3.8) is 0 Å². The summed E-state index contributed by atoms with van der Waals surface area (Å²) in [5, 5.41) is 9.30. The van der Waals surface area contributed by atoms with Crippen molar-refractivity contribution in [3.8, 4) is 0 Å². The van der Waals surface area contributed by atoms with Crippen LogP contribution >= 0.6 is 0 Å². The summed E-state index contributed by atoms with van der Waals surface area (Å²) in [6, 6.07) is 7.14. The van der Waals surface area contributed by atoms with Crippen LogP contribution in [0.15, 0.2) is 24.3 Å². The highest BCUT2D eigenvalue weighted by molar-refractivity contribution is 5.98. The maximum Gasteiger partial charge on any atom is 0.251 e. The molecule has 1 amide bonds. The van der Waals surface area contributed by atoms with Gasteiger partial charge in [0.1, 0.15) is 12.4 Å². The van der Waals surface area contributed by atoms with Gasteiger partial charge in [0.2, 0.25) is 0 Å². The first-order valence-corrected chi connectivity index (χ1v) is 4.14. The molecular weight excluding hydrogens is 178 g/mol. The lowest BCUT2D eigenvalue weighted by atomic mass is 10.1. The summed E-state index contributed by atoms with van der Waals surface area (Å²) in [5.74, 6) is -0.439. The molecule has 0 bridgehead atoms. The number of carbonyl (C=O) groups is 1. The molecule has 14 heavy (non-hydrogen) atoms. The second-order valence-corrected chi connectivity index (χ2v) is 2.94. The molecule has 0 atom stereocenters. The SMILES string of the molecule is Cc1ccc(C(=O)N[CH]C(=N)N)cc1. The number of benzene rings is 1. The topological polar surface area (TPSA) is 79.0 Å². The lowest BCUT2D eigenvalue weighted by Crippen LogP contribution is -2.27. The first kappa shape index (κ1) is 10.2. The molecule has 1 aromatic rings. The summed E-state index contributed by atoms with van der Waals surface area (Å²) < 4.78 is 0. The number of nitrogens with two attached hydrogens (primary N) is 1. The van der Waals surface area contributed by atoms with Crippen molar-refractivity contribution < 1.29 is 4.79 Å². The van der Waals surface area contributed by atoms with Gasteiger partial charge in [0.15, 0.2) is 0 Å². The molecule has 73 valence electrons. The van der Waals surface area contributed by atoms with Gasteiger partial charge in [0.25, 0.3) is 5.91 Å². The zero-order valence-corrected chi connectivity index (χ0v) is 7.87. The van der Waals surface area contributed by atoms with Crippen molar-refractivity contribution in [2.75, 3.05) is 0 Å². The summed E-state index contributed by atoms with van der Waals surface area (Å²) in [6.07, 6.45) is 0. The van der Waals surface area contributed by atoms with Crippen LogP contribution in [0.3, 0.4) is 0 Å². The normalized spacial score (nSPS) is 9.50. The molecule has 1 radical (unpaired) electrons. The predicted molar refractivity (Wildman–Crippen MR) is 54.9 cm³/mol. The van der Waals surface area contributed by atoms with Crippen LogP contribution in [0.25, 0.3) is 0 Å². The van der Waals surface area contributed by atoms with Crippen molar-refractivity contribution in [1.82, 2.24) is 5.32 Å². The minimum absolute atomic E-state index is 0.175. The molecule has 1 aromatic carbocycles. The molecule has 4 nitrogen and oxygen atoms in total. The quantitative estimate of drug-likeness (QED) is 0.487. The van der Waals surface area contributed by atoms with Gasteiger partial charge in [0, 0.05) is 5.56 Å². The van der Waals surface area contributed by atoms with Crippen molar-refractivity contribution in [2.24, 2.45) is 5.73 Å². The van der Waals surface area contributed by atoms with E-state index in [1.807, 2.05) is 19.1 Å². The van der Waals surface area contributed by atoms with Crippen LogP contribution < -0.4 is 11.1 Å². The van der Waals surface area contributed by atoms with E-state index in [1.54, 1.807) is 12.1 Å². The van der Waals surface area contributed by atoms with Crippen LogP contribution in [-0.4, -0.2) is 11.7 Å². The summed E-state index contributed by atoms with van der Waals surface area (Å²) in [6.45, 7) is 3.10. The van der Waals surface area contributed by atoms with Crippen molar-refractivity contribution >= 4 is 11.7 Å². The highest BCUT2D eigenvalue weighted by Gasteiger charge is 2.04. The van der Waals surface area contributed by atoms with E-state index in [4.69, 9.17) is 11.1 Å². The number of hydrogen-bond donors (Lipinski definition) is 3. The Morgan fingerprint density at radius 1 is 1.43 bits per heavy atom. The fourth-order valence-corrected chi connectivity index (χ4v) is 0.932. The molecule has 0 fully saturated rings. The Labute approximate surface area is 82.6 Å². The van der Waals surface area contributed by atoms with Crippen LogP contribution in [0, 0.1) is 18.9 Å². The predicted octanol–water partition coefficient (Wildman–Crippen LogP) is 0.823. The van der Waals surface area contributed by atoms with E-state index in [0.717, 1.165) is 12.1 Å². The van der Waals surface area contributed by atoms with E-state index in [2.05, 4.69) is 5.32 Å². The van der Waals surface area contributed by atoms with Gasteiger partial charge in [-0.05, 0) is 19.1 Å².